The summed E-state index contributed by atoms with van der Waals surface area (Å²) < 4.78 is 1.77. The van der Waals surface area contributed by atoms with Crippen molar-refractivity contribution in [3.8, 4) is 11.8 Å². The number of hydrogen-bond acceptors (Lipinski definition) is 2. The molecule has 3 nitrogen and oxygen atoms in total. The van der Waals surface area contributed by atoms with Crippen LogP contribution in [0.5, 0.6) is 0 Å². The van der Waals surface area contributed by atoms with Gasteiger partial charge in [0, 0.05) is 11.6 Å². The molecule has 0 saturated heterocycles. The van der Waals surface area contributed by atoms with E-state index in [1.807, 2.05) is 36.5 Å². The molecule has 3 heteroatoms. The molecule has 0 amide bonds. The predicted molar refractivity (Wildman–Crippen MR) is 70.5 cm³/mol. The smallest absolute Gasteiger partial charge is 0.101 e. The maximum absolute atomic E-state index is 9.11. The van der Waals surface area contributed by atoms with Crippen LogP contribution in [-0.4, -0.2) is 9.78 Å². The maximum atomic E-state index is 9.11. The van der Waals surface area contributed by atoms with Gasteiger partial charge in [0.25, 0.3) is 0 Å². The minimum atomic E-state index is 0.627. The van der Waals surface area contributed by atoms with Gasteiger partial charge >= 0.3 is 0 Å². The molecule has 1 heterocycles. The first-order chi connectivity index (χ1) is 8.78. The van der Waals surface area contributed by atoms with E-state index < -0.39 is 0 Å². The Morgan fingerprint density at radius 3 is 2.83 bits per heavy atom. The van der Waals surface area contributed by atoms with E-state index in [1.165, 1.54) is 5.56 Å². The summed E-state index contributed by atoms with van der Waals surface area (Å²) in [4.78, 5) is 0. The van der Waals surface area contributed by atoms with Gasteiger partial charge in [-0.25, -0.2) is 4.68 Å². The SMILES string of the molecule is Cc1ccc2nn(-c3ccccc3C#N)cc2c1. The molecule has 0 spiro atoms. The van der Waals surface area contributed by atoms with E-state index in [4.69, 9.17) is 5.26 Å². The van der Waals surface area contributed by atoms with Gasteiger partial charge in [0.2, 0.25) is 0 Å². The molecule has 0 atom stereocenters. The summed E-state index contributed by atoms with van der Waals surface area (Å²) in [7, 11) is 0. The lowest BCUT2D eigenvalue weighted by atomic mass is 10.2. The molecule has 0 saturated carbocycles. The second-order valence-electron chi connectivity index (χ2n) is 4.26. The Kier molecular flexibility index (Phi) is 2.35. The van der Waals surface area contributed by atoms with Gasteiger partial charge in [0.05, 0.1) is 16.8 Å². The number of para-hydroxylation sites is 1. The Bertz CT molecular complexity index is 763. The summed E-state index contributed by atoms with van der Waals surface area (Å²) in [5, 5.41) is 14.7. The molecule has 0 fully saturated rings. The standard InChI is InChI=1S/C15H11N3/c1-11-6-7-14-13(8-11)10-18(17-14)15-5-3-2-4-12(15)9-16/h2-8,10H,1H3. The van der Waals surface area contributed by atoms with E-state index >= 15 is 0 Å². The Labute approximate surface area is 105 Å². The van der Waals surface area contributed by atoms with E-state index in [0.29, 0.717) is 5.56 Å². The van der Waals surface area contributed by atoms with Crippen LogP contribution < -0.4 is 0 Å². The minimum absolute atomic E-state index is 0.627. The second-order valence-corrected chi connectivity index (χ2v) is 4.26. The summed E-state index contributed by atoms with van der Waals surface area (Å²) in [5.41, 5.74) is 3.58. The van der Waals surface area contributed by atoms with E-state index in [2.05, 4.69) is 24.2 Å². The van der Waals surface area contributed by atoms with Crippen molar-refractivity contribution in [2.45, 2.75) is 6.92 Å². The van der Waals surface area contributed by atoms with Gasteiger partial charge in [-0.3, -0.25) is 0 Å². The molecule has 0 aliphatic heterocycles. The Morgan fingerprint density at radius 2 is 2.00 bits per heavy atom. The molecule has 0 radical (unpaired) electrons. The highest BCUT2D eigenvalue weighted by atomic mass is 15.3. The number of aromatic nitrogens is 2. The largest absolute Gasteiger partial charge is 0.238 e. The summed E-state index contributed by atoms with van der Waals surface area (Å²) >= 11 is 0. The Balaban J connectivity index is 2.23. The third-order valence-electron chi connectivity index (χ3n) is 2.93. The topological polar surface area (TPSA) is 41.6 Å². The van der Waals surface area contributed by atoms with Crippen LogP contribution in [-0.2, 0) is 0 Å². The number of fused-ring (bicyclic) bond motifs is 1. The third kappa shape index (κ3) is 1.64. The molecular formula is C15H11N3. The minimum Gasteiger partial charge on any atom is -0.238 e. The molecule has 0 aliphatic rings. The van der Waals surface area contributed by atoms with Crippen molar-refractivity contribution in [3.63, 3.8) is 0 Å². The van der Waals surface area contributed by atoms with Crippen LogP contribution in [0.15, 0.2) is 48.7 Å². The Morgan fingerprint density at radius 1 is 1.17 bits per heavy atom. The number of rotatable bonds is 1. The quantitative estimate of drug-likeness (QED) is 0.647. The van der Waals surface area contributed by atoms with Crippen LogP contribution in [0.25, 0.3) is 16.6 Å². The van der Waals surface area contributed by atoms with Crippen LogP contribution in [0.2, 0.25) is 0 Å². The van der Waals surface area contributed by atoms with Gasteiger partial charge in [-0.05, 0) is 31.2 Å². The van der Waals surface area contributed by atoms with Crippen LogP contribution in [0, 0.1) is 18.3 Å². The van der Waals surface area contributed by atoms with E-state index in [-0.39, 0.29) is 0 Å². The first kappa shape index (κ1) is 10.5. The average Bonchev–Trinajstić information content (AvgIpc) is 2.81. The summed E-state index contributed by atoms with van der Waals surface area (Å²) in [6.07, 6.45) is 1.96. The average molecular weight is 233 g/mol. The zero-order valence-corrected chi connectivity index (χ0v) is 9.96. The fourth-order valence-electron chi connectivity index (χ4n) is 2.04. The van der Waals surface area contributed by atoms with Gasteiger partial charge in [-0.2, -0.15) is 10.4 Å². The van der Waals surface area contributed by atoms with Gasteiger partial charge in [-0.15, -0.1) is 0 Å². The molecule has 3 rings (SSSR count). The third-order valence-corrected chi connectivity index (χ3v) is 2.93. The predicted octanol–water partition coefficient (Wildman–Crippen LogP) is 3.21. The van der Waals surface area contributed by atoms with Crippen molar-refractivity contribution in [1.82, 2.24) is 9.78 Å². The normalized spacial score (nSPS) is 10.4. The number of benzene rings is 2. The fraction of sp³-hybridized carbons (Fsp3) is 0.0667. The van der Waals surface area contributed by atoms with Crippen LogP contribution in [0.3, 0.4) is 0 Å². The second kappa shape index (κ2) is 4.01. The van der Waals surface area contributed by atoms with E-state index in [9.17, 15) is 0 Å². The fourth-order valence-corrected chi connectivity index (χ4v) is 2.04. The van der Waals surface area contributed by atoms with Crippen LogP contribution in [0.4, 0.5) is 0 Å². The van der Waals surface area contributed by atoms with Crippen molar-refractivity contribution < 1.29 is 0 Å². The summed E-state index contributed by atoms with van der Waals surface area (Å²) in [6.45, 7) is 2.06. The lowest BCUT2D eigenvalue weighted by molar-refractivity contribution is 0.893. The van der Waals surface area contributed by atoms with Gasteiger partial charge in [0.1, 0.15) is 6.07 Å². The van der Waals surface area contributed by atoms with Crippen molar-refractivity contribution in [2.24, 2.45) is 0 Å². The van der Waals surface area contributed by atoms with Crippen molar-refractivity contribution in [1.29, 1.82) is 5.26 Å². The monoisotopic (exact) mass is 233 g/mol. The lowest BCUT2D eigenvalue weighted by Crippen LogP contribution is -1.97. The van der Waals surface area contributed by atoms with Crippen molar-refractivity contribution in [2.75, 3.05) is 0 Å². The molecular weight excluding hydrogens is 222 g/mol. The molecule has 0 unspecified atom stereocenters. The highest BCUT2D eigenvalue weighted by Crippen LogP contribution is 2.19. The molecule has 18 heavy (non-hydrogen) atoms. The molecule has 86 valence electrons. The van der Waals surface area contributed by atoms with Crippen LogP contribution in [0.1, 0.15) is 11.1 Å². The van der Waals surface area contributed by atoms with E-state index in [0.717, 1.165) is 16.6 Å². The highest BCUT2D eigenvalue weighted by molar-refractivity contribution is 5.79. The lowest BCUT2D eigenvalue weighted by Gasteiger charge is -2.02. The number of hydrogen-bond donors (Lipinski definition) is 0. The highest BCUT2D eigenvalue weighted by Gasteiger charge is 2.06. The summed E-state index contributed by atoms with van der Waals surface area (Å²) in [6, 6.07) is 15.8. The molecule has 0 bridgehead atoms. The van der Waals surface area contributed by atoms with Crippen LogP contribution >= 0.6 is 0 Å². The summed E-state index contributed by atoms with van der Waals surface area (Å²) in [5.74, 6) is 0. The van der Waals surface area contributed by atoms with Gasteiger partial charge < -0.3 is 0 Å². The van der Waals surface area contributed by atoms with Gasteiger partial charge in [0.15, 0.2) is 0 Å². The zero-order chi connectivity index (χ0) is 12.5. The first-order valence-electron chi connectivity index (χ1n) is 5.73. The molecule has 3 aromatic rings. The molecule has 0 N–H and O–H groups in total. The number of nitriles is 1. The van der Waals surface area contributed by atoms with E-state index in [1.54, 1.807) is 10.7 Å². The van der Waals surface area contributed by atoms with Crippen molar-refractivity contribution in [3.05, 3.63) is 59.8 Å². The maximum Gasteiger partial charge on any atom is 0.101 e. The molecule has 0 aliphatic carbocycles. The molecule has 2 aromatic carbocycles. The first-order valence-corrected chi connectivity index (χ1v) is 5.73. The number of aryl methyl sites for hydroxylation is 1. The number of nitrogens with zero attached hydrogens (tertiary/aromatic N) is 3. The van der Waals surface area contributed by atoms with Gasteiger partial charge in [-0.1, -0.05) is 23.8 Å². The Hall–Kier alpha value is -2.60. The van der Waals surface area contributed by atoms with Crippen molar-refractivity contribution >= 4 is 10.9 Å². The zero-order valence-electron chi connectivity index (χ0n) is 9.96. The molecule has 1 aromatic heterocycles.